The van der Waals surface area contributed by atoms with E-state index in [0.29, 0.717) is 0 Å². The monoisotopic (exact) mass is 474 g/mol. The zero-order chi connectivity index (χ0) is 19.5. The third-order valence-electron chi connectivity index (χ3n) is 5.11. The molecule has 0 atom stereocenters. The summed E-state index contributed by atoms with van der Waals surface area (Å²) in [5, 5.41) is 1.55. The lowest BCUT2D eigenvalue weighted by atomic mass is 10.1. The maximum atomic E-state index is 6.06. The predicted molar refractivity (Wildman–Crippen MR) is 121 cm³/mol. The molecule has 0 N–H and O–H groups in total. The second-order valence-electron chi connectivity index (χ2n) is 7.12. The van der Waals surface area contributed by atoms with Gasteiger partial charge in [0.15, 0.2) is 0 Å². The minimum absolute atomic E-state index is 0.226. The van der Waals surface area contributed by atoms with E-state index in [2.05, 4.69) is 74.3 Å². The SMILES string of the molecule is Clc1ccc(CN2CCN(Cc3ccc(Cl)cc3)C2c2cccc(Br)c2)cc1. The van der Waals surface area contributed by atoms with Crippen LogP contribution in [0, 0.1) is 0 Å². The van der Waals surface area contributed by atoms with Crippen molar-refractivity contribution in [1.82, 2.24) is 9.80 Å². The number of hydrogen-bond donors (Lipinski definition) is 0. The quantitative estimate of drug-likeness (QED) is 0.401. The van der Waals surface area contributed by atoms with Crippen LogP contribution in [0.25, 0.3) is 0 Å². The highest BCUT2D eigenvalue weighted by atomic mass is 79.9. The summed E-state index contributed by atoms with van der Waals surface area (Å²) >= 11 is 15.7. The highest BCUT2D eigenvalue weighted by molar-refractivity contribution is 9.10. The Morgan fingerprint density at radius 3 is 1.71 bits per heavy atom. The molecule has 4 rings (SSSR count). The molecule has 3 aromatic rings. The third-order valence-corrected chi connectivity index (χ3v) is 6.11. The summed E-state index contributed by atoms with van der Waals surface area (Å²) in [7, 11) is 0. The first-order valence-corrected chi connectivity index (χ1v) is 10.9. The largest absolute Gasteiger partial charge is 0.279 e. The molecule has 0 unspecified atom stereocenters. The van der Waals surface area contributed by atoms with Gasteiger partial charge in [-0.05, 0) is 53.1 Å². The molecule has 0 bridgehead atoms. The zero-order valence-electron chi connectivity index (χ0n) is 15.4. The summed E-state index contributed by atoms with van der Waals surface area (Å²) in [4.78, 5) is 5.06. The average Bonchev–Trinajstić information content (AvgIpc) is 3.07. The number of halogens is 3. The van der Waals surface area contributed by atoms with E-state index in [1.165, 1.54) is 16.7 Å². The Morgan fingerprint density at radius 2 is 1.25 bits per heavy atom. The van der Waals surface area contributed by atoms with Crippen LogP contribution in [0.15, 0.2) is 77.3 Å². The average molecular weight is 476 g/mol. The van der Waals surface area contributed by atoms with Crippen molar-refractivity contribution in [2.24, 2.45) is 0 Å². The molecule has 0 saturated carbocycles. The Hall–Kier alpha value is -1.36. The lowest BCUT2D eigenvalue weighted by molar-refractivity contribution is 0.126. The molecule has 1 aliphatic heterocycles. The van der Waals surface area contributed by atoms with Gasteiger partial charge < -0.3 is 0 Å². The molecule has 0 radical (unpaired) electrons. The van der Waals surface area contributed by atoms with Crippen LogP contribution < -0.4 is 0 Å². The van der Waals surface area contributed by atoms with Crippen LogP contribution in [0.2, 0.25) is 10.0 Å². The molecule has 28 heavy (non-hydrogen) atoms. The fourth-order valence-electron chi connectivity index (χ4n) is 3.80. The van der Waals surface area contributed by atoms with E-state index in [-0.39, 0.29) is 6.17 Å². The van der Waals surface area contributed by atoms with E-state index in [1.807, 2.05) is 24.3 Å². The van der Waals surface area contributed by atoms with Crippen molar-refractivity contribution in [1.29, 1.82) is 0 Å². The van der Waals surface area contributed by atoms with Crippen molar-refractivity contribution >= 4 is 39.1 Å². The number of rotatable bonds is 5. The molecule has 0 aromatic heterocycles. The molecular formula is C23H21BrCl2N2. The van der Waals surface area contributed by atoms with E-state index in [9.17, 15) is 0 Å². The molecule has 0 amide bonds. The van der Waals surface area contributed by atoms with E-state index < -0.39 is 0 Å². The zero-order valence-corrected chi connectivity index (χ0v) is 18.5. The van der Waals surface area contributed by atoms with Gasteiger partial charge in [0.2, 0.25) is 0 Å². The van der Waals surface area contributed by atoms with E-state index >= 15 is 0 Å². The Morgan fingerprint density at radius 1 is 0.750 bits per heavy atom. The van der Waals surface area contributed by atoms with E-state index in [4.69, 9.17) is 23.2 Å². The van der Waals surface area contributed by atoms with Crippen LogP contribution in [-0.4, -0.2) is 22.9 Å². The van der Waals surface area contributed by atoms with Crippen molar-refractivity contribution < 1.29 is 0 Å². The molecular weight excluding hydrogens is 455 g/mol. The Kier molecular flexibility index (Phi) is 6.39. The van der Waals surface area contributed by atoms with E-state index in [1.54, 1.807) is 0 Å². The fourth-order valence-corrected chi connectivity index (χ4v) is 4.47. The number of hydrogen-bond acceptors (Lipinski definition) is 2. The molecule has 1 aliphatic rings. The van der Waals surface area contributed by atoms with Gasteiger partial charge in [-0.2, -0.15) is 0 Å². The van der Waals surface area contributed by atoms with Crippen LogP contribution in [0.3, 0.4) is 0 Å². The summed E-state index contributed by atoms with van der Waals surface area (Å²) in [6.07, 6.45) is 0.226. The molecule has 1 saturated heterocycles. The third kappa shape index (κ3) is 4.79. The van der Waals surface area contributed by atoms with Gasteiger partial charge in [-0.1, -0.05) is 75.5 Å². The molecule has 144 valence electrons. The van der Waals surface area contributed by atoms with Crippen LogP contribution in [0.5, 0.6) is 0 Å². The van der Waals surface area contributed by atoms with Crippen molar-refractivity contribution in [3.8, 4) is 0 Å². The Bertz CT molecular complexity index is 873. The van der Waals surface area contributed by atoms with Gasteiger partial charge in [-0.3, -0.25) is 9.80 Å². The maximum absolute atomic E-state index is 6.06. The minimum Gasteiger partial charge on any atom is -0.279 e. The maximum Gasteiger partial charge on any atom is 0.0893 e. The highest BCUT2D eigenvalue weighted by Gasteiger charge is 2.33. The van der Waals surface area contributed by atoms with Gasteiger partial charge in [0, 0.05) is 40.7 Å². The lowest BCUT2D eigenvalue weighted by Gasteiger charge is -2.31. The smallest absolute Gasteiger partial charge is 0.0893 e. The van der Waals surface area contributed by atoms with Gasteiger partial charge in [-0.15, -0.1) is 0 Å². The summed E-state index contributed by atoms with van der Waals surface area (Å²) < 4.78 is 1.11. The molecule has 0 spiro atoms. The summed E-state index contributed by atoms with van der Waals surface area (Å²) in [6, 6.07) is 24.9. The first-order chi connectivity index (χ1) is 13.6. The van der Waals surface area contributed by atoms with Crippen LogP contribution >= 0.6 is 39.1 Å². The normalized spacial score (nSPS) is 16.0. The van der Waals surface area contributed by atoms with Crippen LogP contribution in [0.1, 0.15) is 22.9 Å². The van der Waals surface area contributed by atoms with Crippen molar-refractivity contribution in [2.45, 2.75) is 19.3 Å². The standard InChI is InChI=1S/C23H21BrCl2N2/c24-20-3-1-2-19(14-20)23-27(15-17-4-8-21(25)9-5-17)12-13-28(23)16-18-6-10-22(26)11-7-18/h1-11,14,23H,12-13,15-16H2. The van der Waals surface area contributed by atoms with Crippen molar-refractivity contribution in [3.05, 3.63) is 104 Å². The summed E-state index contributed by atoms with van der Waals surface area (Å²) in [6.45, 7) is 3.83. The molecule has 3 aromatic carbocycles. The molecule has 2 nitrogen and oxygen atoms in total. The second-order valence-corrected chi connectivity index (χ2v) is 8.91. The molecule has 0 aliphatic carbocycles. The van der Waals surface area contributed by atoms with Crippen LogP contribution in [0.4, 0.5) is 0 Å². The number of benzene rings is 3. The highest BCUT2D eigenvalue weighted by Crippen LogP contribution is 2.34. The topological polar surface area (TPSA) is 6.48 Å². The first kappa shape index (κ1) is 19.9. The van der Waals surface area contributed by atoms with Crippen LogP contribution in [-0.2, 0) is 13.1 Å². The molecule has 1 fully saturated rings. The predicted octanol–water partition coefficient (Wildman–Crippen LogP) is 6.77. The molecule has 5 heteroatoms. The second kappa shape index (κ2) is 8.98. The Labute approximate surface area is 184 Å². The van der Waals surface area contributed by atoms with Gasteiger partial charge >= 0.3 is 0 Å². The first-order valence-electron chi connectivity index (χ1n) is 9.31. The lowest BCUT2D eigenvalue weighted by Crippen LogP contribution is -2.30. The van der Waals surface area contributed by atoms with Gasteiger partial charge in [-0.25, -0.2) is 0 Å². The van der Waals surface area contributed by atoms with Gasteiger partial charge in [0.05, 0.1) is 6.17 Å². The minimum atomic E-state index is 0.226. The number of nitrogens with zero attached hydrogens (tertiary/aromatic N) is 2. The van der Waals surface area contributed by atoms with Crippen molar-refractivity contribution in [3.63, 3.8) is 0 Å². The summed E-state index contributed by atoms with van der Waals surface area (Å²) in [5.41, 5.74) is 3.85. The summed E-state index contributed by atoms with van der Waals surface area (Å²) in [5.74, 6) is 0. The van der Waals surface area contributed by atoms with E-state index in [0.717, 1.165) is 40.7 Å². The van der Waals surface area contributed by atoms with Gasteiger partial charge in [0.1, 0.15) is 0 Å². The fraction of sp³-hybridized carbons (Fsp3) is 0.217. The van der Waals surface area contributed by atoms with Gasteiger partial charge in [0.25, 0.3) is 0 Å². The van der Waals surface area contributed by atoms with Crippen molar-refractivity contribution in [2.75, 3.05) is 13.1 Å². The Balaban J connectivity index is 1.60. The molecule has 1 heterocycles.